The maximum Gasteiger partial charge on any atom is 0.234 e. The minimum absolute atomic E-state index is 0.00542. The van der Waals surface area contributed by atoms with E-state index in [1.165, 1.54) is 0 Å². The third kappa shape index (κ3) is 1.77. The molecule has 1 N–H and O–H groups in total. The van der Waals surface area contributed by atoms with Crippen molar-refractivity contribution >= 4 is 5.91 Å². The van der Waals surface area contributed by atoms with Crippen molar-refractivity contribution in [2.24, 2.45) is 0 Å². The Bertz CT molecular complexity index is 207. The second-order valence-electron chi connectivity index (χ2n) is 2.95. The minimum atomic E-state index is -0.0333. The SMILES string of the molecule is C#CCC(=O)N1CCC[C@H]1CO. The van der Waals surface area contributed by atoms with E-state index in [2.05, 4.69) is 5.92 Å². The average Bonchev–Trinajstić information content (AvgIpc) is 2.51. The predicted molar refractivity (Wildman–Crippen MR) is 45.3 cm³/mol. The minimum Gasteiger partial charge on any atom is -0.394 e. The van der Waals surface area contributed by atoms with Gasteiger partial charge in [-0.15, -0.1) is 6.42 Å². The largest absolute Gasteiger partial charge is 0.394 e. The zero-order valence-corrected chi connectivity index (χ0v) is 6.99. The van der Waals surface area contributed by atoms with Crippen LogP contribution in [0.25, 0.3) is 0 Å². The first-order chi connectivity index (χ1) is 5.79. The van der Waals surface area contributed by atoms with Crippen LogP contribution in [0, 0.1) is 12.3 Å². The van der Waals surface area contributed by atoms with Crippen molar-refractivity contribution in [2.45, 2.75) is 25.3 Å². The van der Waals surface area contributed by atoms with E-state index in [9.17, 15) is 4.79 Å². The highest BCUT2D eigenvalue weighted by molar-refractivity contribution is 5.79. The summed E-state index contributed by atoms with van der Waals surface area (Å²) in [6.07, 6.45) is 7.04. The Morgan fingerprint density at radius 2 is 2.50 bits per heavy atom. The summed E-state index contributed by atoms with van der Waals surface area (Å²) in [4.78, 5) is 13.0. The number of amides is 1. The molecule has 0 unspecified atom stereocenters. The van der Waals surface area contributed by atoms with E-state index < -0.39 is 0 Å². The van der Waals surface area contributed by atoms with Crippen LogP contribution in [0.3, 0.4) is 0 Å². The van der Waals surface area contributed by atoms with E-state index >= 15 is 0 Å². The molecule has 1 rings (SSSR count). The van der Waals surface area contributed by atoms with Crippen LogP contribution in [0.4, 0.5) is 0 Å². The standard InChI is InChI=1S/C9H13NO2/c1-2-4-9(12)10-6-3-5-8(10)7-11/h1,8,11H,3-7H2/t8-/m0/s1. The van der Waals surface area contributed by atoms with Crippen LogP contribution < -0.4 is 0 Å². The number of hydrogen-bond donors (Lipinski definition) is 1. The van der Waals surface area contributed by atoms with E-state index in [0.717, 1.165) is 19.4 Å². The van der Waals surface area contributed by atoms with Gasteiger partial charge in [0.25, 0.3) is 0 Å². The number of aliphatic hydroxyl groups is 1. The van der Waals surface area contributed by atoms with Gasteiger partial charge in [-0.3, -0.25) is 4.79 Å². The molecule has 0 aromatic carbocycles. The molecule has 3 heteroatoms. The molecule has 0 spiro atoms. The lowest BCUT2D eigenvalue weighted by Gasteiger charge is -2.21. The number of nitrogens with zero attached hydrogens (tertiary/aromatic N) is 1. The van der Waals surface area contributed by atoms with Gasteiger partial charge in [-0.05, 0) is 12.8 Å². The number of carbonyl (C=O) groups is 1. The van der Waals surface area contributed by atoms with Gasteiger partial charge in [-0.2, -0.15) is 0 Å². The van der Waals surface area contributed by atoms with Crippen molar-refractivity contribution in [3.05, 3.63) is 0 Å². The lowest BCUT2D eigenvalue weighted by molar-refractivity contribution is -0.131. The van der Waals surface area contributed by atoms with Gasteiger partial charge in [0.1, 0.15) is 0 Å². The molecular weight excluding hydrogens is 154 g/mol. The van der Waals surface area contributed by atoms with Crippen LogP contribution in [0.1, 0.15) is 19.3 Å². The fraction of sp³-hybridized carbons (Fsp3) is 0.667. The van der Waals surface area contributed by atoms with Crippen LogP contribution in [0.2, 0.25) is 0 Å². The molecule has 1 aliphatic rings. The number of aliphatic hydroxyl groups excluding tert-OH is 1. The zero-order chi connectivity index (χ0) is 8.97. The van der Waals surface area contributed by atoms with Gasteiger partial charge in [-0.1, -0.05) is 5.92 Å². The van der Waals surface area contributed by atoms with Crippen LogP contribution >= 0.6 is 0 Å². The molecule has 0 saturated carbocycles. The molecule has 66 valence electrons. The Hall–Kier alpha value is -1.01. The van der Waals surface area contributed by atoms with Crippen molar-refractivity contribution in [3.8, 4) is 12.3 Å². The topological polar surface area (TPSA) is 40.5 Å². The van der Waals surface area contributed by atoms with Crippen LogP contribution in [0.15, 0.2) is 0 Å². The molecule has 0 radical (unpaired) electrons. The maximum atomic E-state index is 11.3. The summed E-state index contributed by atoms with van der Waals surface area (Å²) in [7, 11) is 0. The van der Waals surface area contributed by atoms with E-state index in [4.69, 9.17) is 11.5 Å². The Morgan fingerprint density at radius 1 is 1.75 bits per heavy atom. The first kappa shape index (κ1) is 9.08. The van der Waals surface area contributed by atoms with Gasteiger partial charge < -0.3 is 10.0 Å². The molecule has 0 aliphatic carbocycles. The number of terminal acetylenes is 1. The summed E-state index contributed by atoms with van der Waals surface area (Å²) in [5, 5.41) is 8.91. The highest BCUT2D eigenvalue weighted by Gasteiger charge is 2.26. The smallest absolute Gasteiger partial charge is 0.234 e. The molecule has 1 heterocycles. The number of hydrogen-bond acceptors (Lipinski definition) is 2. The molecule has 1 fully saturated rings. The Labute approximate surface area is 72.4 Å². The quantitative estimate of drug-likeness (QED) is 0.588. The van der Waals surface area contributed by atoms with Crippen LogP contribution in [-0.4, -0.2) is 35.1 Å². The third-order valence-electron chi connectivity index (χ3n) is 2.16. The lowest BCUT2D eigenvalue weighted by atomic mass is 10.2. The molecule has 0 bridgehead atoms. The van der Waals surface area contributed by atoms with Crippen molar-refractivity contribution in [1.82, 2.24) is 4.90 Å². The number of rotatable bonds is 2. The number of carbonyl (C=O) groups excluding carboxylic acids is 1. The normalized spacial score (nSPS) is 22.3. The van der Waals surface area contributed by atoms with Gasteiger partial charge in [0.2, 0.25) is 5.91 Å². The molecule has 3 nitrogen and oxygen atoms in total. The second-order valence-corrected chi connectivity index (χ2v) is 2.95. The van der Waals surface area contributed by atoms with Crippen molar-refractivity contribution in [1.29, 1.82) is 0 Å². The Balaban J connectivity index is 2.50. The van der Waals surface area contributed by atoms with Crippen molar-refractivity contribution in [3.63, 3.8) is 0 Å². The second kappa shape index (κ2) is 4.13. The molecule has 1 saturated heterocycles. The summed E-state index contributed by atoms with van der Waals surface area (Å²) in [6, 6.07) is 0.00542. The average molecular weight is 167 g/mol. The summed E-state index contributed by atoms with van der Waals surface area (Å²) in [5.74, 6) is 2.28. The molecule has 1 amide bonds. The predicted octanol–water partition coefficient (Wildman–Crippen LogP) is -0.00700. The summed E-state index contributed by atoms with van der Waals surface area (Å²) in [6.45, 7) is 0.794. The first-order valence-electron chi connectivity index (χ1n) is 4.13. The van der Waals surface area contributed by atoms with Gasteiger partial charge in [0, 0.05) is 6.54 Å². The molecule has 0 aromatic heterocycles. The fourth-order valence-electron chi connectivity index (χ4n) is 1.54. The monoisotopic (exact) mass is 167 g/mol. The highest BCUT2D eigenvalue weighted by Crippen LogP contribution is 2.17. The fourth-order valence-corrected chi connectivity index (χ4v) is 1.54. The molecule has 12 heavy (non-hydrogen) atoms. The Morgan fingerprint density at radius 3 is 3.08 bits per heavy atom. The summed E-state index contributed by atoms with van der Waals surface area (Å²) >= 11 is 0. The Kier molecular flexibility index (Phi) is 3.12. The molecular formula is C9H13NO2. The zero-order valence-electron chi connectivity index (χ0n) is 6.99. The van der Waals surface area contributed by atoms with Crippen molar-refractivity contribution in [2.75, 3.05) is 13.2 Å². The molecule has 1 atom stereocenters. The third-order valence-corrected chi connectivity index (χ3v) is 2.16. The molecule has 1 aliphatic heterocycles. The number of likely N-dealkylation sites (tertiary alicyclic amines) is 1. The summed E-state index contributed by atoms with van der Waals surface area (Å²) in [5.41, 5.74) is 0. The van der Waals surface area contributed by atoms with Gasteiger partial charge in [-0.25, -0.2) is 0 Å². The first-order valence-corrected chi connectivity index (χ1v) is 4.13. The van der Waals surface area contributed by atoms with Gasteiger partial charge in [0.15, 0.2) is 0 Å². The van der Waals surface area contributed by atoms with Gasteiger partial charge in [0.05, 0.1) is 19.1 Å². The van der Waals surface area contributed by atoms with E-state index in [-0.39, 0.29) is 25.0 Å². The van der Waals surface area contributed by atoms with E-state index in [1.807, 2.05) is 0 Å². The summed E-state index contributed by atoms with van der Waals surface area (Å²) < 4.78 is 0. The highest BCUT2D eigenvalue weighted by atomic mass is 16.3. The van der Waals surface area contributed by atoms with Crippen molar-refractivity contribution < 1.29 is 9.90 Å². The maximum absolute atomic E-state index is 11.3. The van der Waals surface area contributed by atoms with Crippen LogP contribution in [-0.2, 0) is 4.79 Å². The van der Waals surface area contributed by atoms with E-state index in [1.54, 1.807) is 4.90 Å². The van der Waals surface area contributed by atoms with E-state index in [0.29, 0.717) is 0 Å². The molecule has 0 aromatic rings. The van der Waals surface area contributed by atoms with Gasteiger partial charge >= 0.3 is 0 Å². The van der Waals surface area contributed by atoms with Crippen LogP contribution in [0.5, 0.6) is 0 Å². The lowest BCUT2D eigenvalue weighted by Crippen LogP contribution is -2.37.